The minimum atomic E-state index is -0.0538. The summed E-state index contributed by atoms with van der Waals surface area (Å²) in [7, 11) is 9.70. The number of thiophene rings is 1. The van der Waals surface area contributed by atoms with Crippen LogP contribution < -0.4 is 44.4 Å². The fourth-order valence-electron chi connectivity index (χ4n) is 7.73. The molecular weight excluding hydrogens is 987 g/mol. The highest BCUT2D eigenvalue weighted by Crippen LogP contribution is 2.38. The van der Waals surface area contributed by atoms with E-state index < -0.39 is 0 Å². The Labute approximate surface area is 425 Å². The highest BCUT2D eigenvalue weighted by Gasteiger charge is 2.19. The summed E-state index contributed by atoms with van der Waals surface area (Å²) in [5.41, 5.74) is 3.64. The summed E-state index contributed by atoms with van der Waals surface area (Å²) in [6.45, 7) is 11.9. The molecule has 0 saturated carbocycles. The number of methoxy groups -OCH3 is 6. The van der Waals surface area contributed by atoms with E-state index in [9.17, 15) is 0 Å². The van der Waals surface area contributed by atoms with Crippen molar-refractivity contribution in [2.45, 2.75) is 59.7 Å². The number of halogens is 1. The first kappa shape index (κ1) is 51.4. The van der Waals surface area contributed by atoms with Gasteiger partial charge in [0, 0.05) is 45.3 Å². The lowest BCUT2D eigenvalue weighted by atomic mass is 10.1. The van der Waals surface area contributed by atoms with Gasteiger partial charge in [-0.3, -0.25) is 0 Å². The molecule has 0 fully saturated rings. The van der Waals surface area contributed by atoms with Crippen LogP contribution in [0.2, 0.25) is 0 Å². The van der Waals surface area contributed by atoms with Gasteiger partial charge in [-0.05, 0) is 105 Å². The van der Waals surface area contributed by atoms with Crippen molar-refractivity contribution in [1.29, 1.82) is 0 Å². The van der Waals surface area contributed by atoms with Crippen molar-refractivity contribution in [1.82, 2.24) is 29.9 Å². The van der Waals surface area contributed by atoms with Crippen molar-refractivity contribution in [3.05, 3.63) is 135 Å². The summed E-state index contributed by atoms with van der Waals surface area (Å²) in [5, 5.41) is 15.1. The zero-order valence-electron chi connectivity index (χ0n) is 41.8. The molecule has 0 spiro atoms. The molecule has 18 heteroatoms. The third-order valence-corrected chi connectivity index (χ3v) is 12.8. The maximum absolute atomic E-state index is 5.61. The smallest absolute Gasteiger partial charge is 0.169 e. The maximum Gasteiger partial charge on any atom is 0.169 e. The minimum Gasteiger partial charge on any atom is -0.493 e. The van der Waals surface area contributed by atoms with Crippen molar-refractivity contribution in [3.8, 4) is 34.5 Å². The molecule has 5 heterocycles. The number of fused-ring (bicyclic) bond motifs is 3. The van der Waals surface area contributed by atoms with Gasteiger partial charge in [-0.1, -0.05) is 36.4 Å². The van der Waals surface area contributed by atoms with E-state index in [0.717, 1.165) is 55.9 Å². The van der Waals surface area contributed by atoms with E-state index in [-0.39, 0.29) is 18.1 Å². The molecule has 0 radical (unpaired) electrons. The molecule has 9 aromatic rings. The molecule has 5 aromatic heterocycles. The zero-order valence-corrected chi connectivity index (χ0v) is 44.2. The highest BCUT2D eigenvalue weighted by atomic mass is 79.9. The predicted molar refractivity (Wildman–Crippen MR) is 285 cm³/mol. The summed E-state index contributed by atoms with van der Waals surface area (Å²) in [4.78, 5) is 28.4. The van der Waals surface area contributed by atoms with Crippen LogP contribution in [0, 0.1) is 20.8 Å². The molecule has 370 valence electrons. The number of anilines is 3. The number of ether oxygens (including phenoxy) is 6. The fourth-order valence-corrected chi connectivity index (χ4v) is 8.78. The number of rotatable bonds is 15. The maximum atomic E-state index is 5.61. The average Bonchev–Trinajstić information content (AvgIpc) is 4.09. The van der Waals surface area contributed by atoms with Crippen molar-refractivity contribution in [2.75, 3.05) is 58.6 Å². The number of benzene rings is 4. The van der Waals surface area contributed by atoms with Crippen molar-refractivity contribution < 1.29 is 32.8 Å². The Balaban J connectivity index is 0.000000157. The van der Waals surface area contributed by atoms with E-state index in [1.54, 1.807) is 54.0 Å². The van der Waals surface area contributed by atoms with Crippen molar-refractivity contribution >= 4 is 77.4 Å². The first-order valence-electron chi connectivity index (χ1n) is 22.6. The second-order valence-electron chi connectivity index (χ2n) is 16.2. The van der Waals surface area contributed by atoms with E-state index >= 15 is 0 Å². The Hall–Kier alpha value is -7.44. The van der Waals surface area contributed by atoms with Crippen molar-refractivity contribution in [2.24, 2.45) is 0 Å². The number of furan rings is 1. The van der Waals surface area contributed by atoms with Gasteiger partial charge in [0.2, 0.25) is 0 Å². The summed E-state index contributed by atoms with van der Waals surface area (Å²) < 4.78 is 38.6. The molecule has 3 N–H and O–H groups in total. The van der Waals surface area contributed by atoms with Crippen LogP contribution in [0.3, 0.4) is 0 Å². The number of nitrogens with zero attached hydrogens (tertiary/aromatic N) is 6. The van der Waals surface area contributed by atoms with Crippen LogP contribution in [-0.2, 0) is 0 Å². The topological polar surface area (TPSA) is 182 Å². The first-order valence-corrected chi connectivity index (χ1v) is 24.3. The van der Waals surface area contributed by atoms with Crippen LogP contribution in [0.5, 0.6) is 34.5 Å². The molecule has 3 atom stereocenters. The Kier molecular flexibility index (Phi) is 17.0. The normalized spacial score (nSPS) is 12.1. The molecule has 0 saturated heterocycles. The molecule has 2 unspecified atom stereocenters. The highest BCUT2D eigenvalue weighted by molar-refractivity contribution is 9.10. The Morgan fingerprint density at radius 1 is 0.465 bits per heavy atom. The second-order valence-corrected chi connectivity index (χ2v) is 18.0. The average molecular weight is 1050 g/mol. The molecule has 0 aliphatic rings. The summed E-state index contributed by atoms with van der Waals surface area (Å²) in [6.07, 6.45) is 0. The third-order valence-electron chi connectivity index (χ3n) is 11.3. The summed E-state index contributed by atoms with van der Waals surface area (Å²) >= 11 is 5.04. The Morgan fingerprint density at radius 3 is 1.23 bits per heavy atom. The van der Waals surface area contributed by atoms with Gasteiger partial charge in [-0.15, -0.1) is 11.3 Å². The Bertz CT molecular complexity index is 3230. The monoisotopic (exact) mass is 1040 g/mol. The quantitative estimate of drug-likeness (QED) is 0.0881. The predicted octanol–water partition coefficient (Wildman–Crippen LogP) is 12.8. The number of aromatic nitrogens is 6. The van der Waals surface area contributed by atoms with Crippen LogP contribution in [0.25, 0.3) is 32.7 Å². The van der Waals surface area contributed by atoms with Crippen LogP contribution in [0.1, 0.15) is 72.6 Å². The van der Waals surface area contributed by atoms with E-state index in [1.165, 1.54) is 10.4 Å². The molecule has 71 heavy (non-hydrogen) atoms. The summed E-state index contributed by atoms with van der Waals surface area (Å²) in [6, 6.07) is 29.8. The first-order chi connectivity index (χ1) is 34.2. The van der Waals surface area contributed by atoms with E-state index in [0.29, 0.717) is 56.6 Å². The van der Waals surface area contributed by atoms with E-state index in [4.69, 9.17) is 32.8 Å². The molecule has 0 aliphatic heterocycles. The van der Waals surface area contributed by atoms with Gasteiger partial charge < -0.3 is 48.8 Å². The van der Waals surface area contributed by atoms with Crippen LogP contribution >= 0.6 is 27.3 Å². The van der Waals surface area contributed by atoms with Gasteiger partial charge in [0.25, 0.3) is 0 Å². The molecule has 0 aliphatic carbocycles. The lowest BCUT2D eigenvalue weighted by Crippen LogP contribution is -2.09. The summed E-state index contributed by atoms with van der Waals surface area (Å²) in [5.74, 6) is 9.13. The molecule has 0 amide bonds. The SMILES string of the molecule is COc1cc2nc(C)nc(NC(C)c3ccc(Br)o3)c2cc1OC.COc1cc2nc(C)nc(NC(C)c3cccs3)c2cc1OC.COc1cc2nc(C)nc(N[C@H](C)c3ccccc3)c2cc1OC. The van der Waals surface area contributed by atoms with Gasteiger partial charge in [0.05, 0.1) is 71.3 Å². The molecule has 16 nitrogen and oxygen atoms in total. The van der Waals surface area contributed by atoms with E-state index in [1.807, 2.05) is 94.4 Å². The number of hydrogen-bond donors (Lipinski definition) is 3. The fraction of sp³-hybridized carbons (Fsp3) is 0.283. The van der Waals surface area contributed by atoms with Crippen molar-refractivity contribution in [3.63, 3.8) is 0 Å². The molecular formula is C53H58BrN9O7S. The van der Waals surface area contributed by atoms with E-state index in [2.05, 4.69) is 105 Å². The van der Waals surface area contributed by atoms with Gasteiger partial charge in [0.1, 0.15) is 40.7 Å². The number of nitrogens with one attached hydrogen (secondary N) is 3. The number of hydrogen-bond acceptors (Lipinski definition) is 17. The number of aryl methyl sites for hydroxylation is 3. The second kappa shape index (κ2) is 23.4. The van der Waals surface area contributed by atoms with Gasteiger partial charge in [-0.25, -0.2) is 29.9 Å². The third kappa shape index (κ3) is 12.3. The largest absolute Gasteiger partial charge is 0.493 e. The van der Waals surface area contributed by atoms with Gasteiger partial charge >= 0.3 is 0 Å². The van der Waals surface area contributed by atoms with Crippen LogP contribution in [-0.4, -0.2) is 72.6 Å². The zero-order chi connectivity index (χ0) is 50.8. The van der Waals surface area contributed by atoms with Crippen LogP contribution in [0.15, 0.2) is 105 Å². The van der Waals surface area contributed by atoms with Gasteiger partial charge in [-0.2, -0.15) is 0 Å². The molecule has 9 rings (SSSR count). The minimum absolute atomic E-state index is 0.0538. The standard InChI is InChI=1S/C19H21N3O2.C17H18BrN3O3.C17H19N3O2S/c1-12(14-8-6-5-7-9-14)20-19-15-10-17(23-3)18(24-4)11-16(15)21-13(2)22-19;1-9(13-5-6-16(18)24-13)19-17-11-7-14(22-3)15(23-4)8-12(11)20-10(2)21-17;1-10(16-6-5-7-23-16)18-17-12-8-14(21-3)15(22-4)9-13(12)19-11(2)20-17/h5-12H,1-4H3,(H,20,21,22);5-9H,1-4H3,(H,19,20,21);5-10H,1-4H3,(H,18,19,20)/t12-;;/m1../s1. The van der Waals surface area contributed by atoms with Gasteiger partial charge in [0.15, 0.2) is 39.2 Å². The molecule has 0 bridgehead atoms. The lowest BCUT2D eigenvalue weighted by molar-refractivity contribution is 0.356. The molecule has 4 aromatic carbocycles. The Morgan fingerprint density at radius 2 is 0.859 bits per heavy atom. The van der Waals surface area contributed by atoms with Crippen LogP contribution in [0.4, 0.5) is 17.5 Å². The lowest BCUT2D eigenvalue weighted by Gasteiger charge is -2.17.